The lowest BCUT2D eigenvalue weighted by molar-refractivity contribution is 0.0939. The fourth-order valence-corrected chi connectivity index (χ4v) is 4.38. The summed E-state index contributed by atoms with van der Waals surface area (Å²) in [5, 5.41) is 11.5. The number of para-hydroxylation sites is 1. The number of carbonyl (C=O) groups is 1. The Bertz CT molecular complexity index is 1940. The summed E-state index contributed by atoms with van der Waals surface area (Å²) in [6.45, 7) is 5.34. The monoisotopic (exact) mass is 545 g/mol. The molecule has 0 fully saturated rings. The van der Waals surface area contributed by atoms with E-state index in [4.69, 9.17) is 16.5 Å². The van der Waals surface area contributed by atoms with Gasteiger partial charge in [-0.25, -0.2) is 9.67 Å². The SMILES string of the molecule is C=C/C=C\n1nc(N)c(C(=O)N[C@@H](C)c2nc3cccc(C#Cc4cnn(C)c4)c3c(=O)n2-c2ccccc2)c1N. The van der Waals surface area contributed by atoms with E-state index in [-0.39, 0.29) is 22.8 Å². The number of carbonyl (C=O) groups excluding carboxylic acids is 1. The maximum Gasteiger partial charge on any atom is 0.267 e. The highest BCUT2D eigenvalue weighted by atomic mass is 16.2. The van der Waals surface area contributed by atoms with Gasteiger partial charge in [-0.1, -0.05) is 48.8 Å². The molecule has 0 aliphatic rings. The highest BCUT2D eigenvalue weighted by molar-refractivity contribution is 6.03. The maximum atomic E-state index is 14.1. The summed E-state index contributed by atoms with van der Waals surface area (Å²) in [4.78, 5) is 32.3. The number of nitrogen functional groups attached to an aromatic ring is 2. The minimum Gasteiger partial charge on any atom is -0.383 e. The van der Waals surface area contributed by atoms with Crippen molar-refractivity contribution in [3.05, 3.63) is 113 Å². The van der Waals surface area contributed by atoms with Gasteiger partial charge in [0.1, 0.15) is 17.2 Å². The molecule has 5 aromatic rings. The van der Waals surface area contributed by atoms with Crippen LogP contribution < -0.4 is 22.3 Å². The van der Waals surface area contributed by atoms with E-state index in [1.54, 1.807) is 66.5 Å². The quantitative estimate of drug-likeness (QED) is 0.219. The van der Waals surface area contributed by atoms with Gasteiger partial charge in [0, 0.05) is 25.0 Å². The molecule has 0 saturated heterocycles. The lowest BCUT2D eigenvalue weighted by Gasteiger charge is -2.20. The van der Waals surface area contributed by atoms with Gasteiger partial charge in [-0.15, -0.1) is 5.10 Å². The molecule has 3 aromatic heterocycles. The van der Waals surface area contributed by atoms with Crippen molar-refractivity contribution in [3.8, 4) is 17.5 Å². The minimum absolute atomic E-state index is 0.0212. The van der Waals surface area contributed by atoms with E-state index in [2.05, 4.69) is 33.9 Å². The van der Waals surface area contributed by atoms with Crippen molar-refractivity contribution < 1.29 is 4.79 Å². The summed E-state index contributed by atoms with van der Waals surface area (Å²) >= 11 is 0. The second-order valence-corrected chi connectivity index (χ2v) is 9.16. The number of amides is 1. The summed E-state index contributed by atoms with van der Waals surface area (Å²) in [5.74, 6) is 5.93. The third-order valence-corrected chi connectivity index (χ3v) is 6.28. The van der Waals surface area contributed by atoms with Crippen LogP contribution in [0.4, 0.5) is 11.6 Å². The van der Waals surface area contributed by atoms with E-state index < -0.39 is 11.9 Å². The van der Waals surface area contributed by atoms with Gasteiger partial charge in [0.15, 0.2) is 5.82 Å². The number of nitrogens with one attached hydrogen (secondary N) is 1. The normalized spacial score (nSPS) is 11.8. The van der Waals surface area contributed by atoms with Gasteiger partial charge in [-0.3, -0.25) is 18.8 Å². The first kappa shape index (κ1) is 26.7. The summed E-state index contributed by atoms with van der Waals surface area (Å²) in [6.07, 6.45) is 8.13. The number of benzene rings is 2. The Morgan fingerprint density at radius 2 is 1.90 bits per heavy atom. The summed E-state index contributed by atoms with van der Waals surface area (Å²) in [6, 6.07) is 13.7. The van der Waals surface area contributed by atoms with Crippen molar-refractivity contribution in [1.82, 2.24) is 34.4 Å². The number of fused-ring (bicyclic) bond motifs is 1. The number of allylic oxidation sites excluding steroid dienone is 2. The fraction of sp³-hybridized carbons (Fsp3) is 0.100. The van der Waals surface area contributed by atoms with Crippen molar-refractivity contribution >= 4 is 34.6 Å². The molecule has 0 radical (unpaired) electrons. The lowest BCUT2D eigenvalue weighted by Crippen LogP contribution is -2.34. The molecule has 0 aliphatic carbocycles. The topological polar surface area (TPSA) is 152 Å². The predicted molar refractivity (Wildman–Crippen MR) is 159 cm³/mol. The van der Waals surface area contributed by atoms with Crippen LogP contribution in [0.15, 0.2) is 84.5 Å². The Kier molecular flexibility index (Phi) is 7.21. The molecule has 3 heterocycles. The lowest BCUT2D eigenvalue weighted by atomic mass is 10.1. The number of hydrogen-bond donors (Lipinski definition) is 3. The van der Waals surface area contributed by atoms with Crippen molar-refractivity contribution in [2.24, 2.45) is 7.05 Å². The Balaban J connectivity index is 1.61. The molecule has 0 aliphatic heterocycles. The Morgan fingerprint density at radius 3 is 2.61 bits per heavy atom. The number of nitrogens with two attached hydrogens (primary N) is 2. The van der Waals surface area contributed by atoms with Crippen molar-refractivity contribution in [2.75, 3.05) is 11.5 Å². The number of anilines is 2. The van der Waals surface area contributed by atoms with Gasteiger partial charge < -0.3 is 16.8 Å². The maximum absolute atomic E-state index is 14.1. The van der Waals surface area contributed by atoms with Crippen LogP contribution in [0.2, 0.25) is 0 Å². The van der Waals surface area contributed by atoms with E-state index in [0.717, 1.165) is 5.56 Å². The van der Waals surface area contributed by atoms with Crippen LogP contribution in [0.25, 0.3) is 22.8 Å². The molecular weight excluding hydrogens is 518 g/mol. The molecule has 0 spiro atoms. The van der Waals surface area contributed by atoms with E-state index in [1.807, 2.05) is 25.2 Å². The highest BCUT2D eigenvalue weighted by Crippen LogP contribution is 2.23. The molecule has 0 unspecified atom stereocenters. The van der Waals surface area contributed by atoms with Crippen molar-refractivity contribution in [3.63, 3.8) is 0 Å². The zero-order valence-corrected chi connectivity index (χ0v) is 22.4. The molecule has 2 aromatic carbocycles. The second kappa shape index (κ2) is 11.1. The van der Waals surface area contributed by atoms with E-state index >= 15 is 0 Å². The molecule has 1 atom stereocenters. The number of hydrogen-bond acceptors (Lipinski definition) is 7. The Morgan fingerprint density at radius 1 is 1.12 bits per heavy atom. The first-order valence-corrected chi connectivity index (χ1v) is 12.6. The number of nitrogens with zero attached hydrogens (tertiary/aromatic N) is 6. The Hall–Kier alpha value is -5.89. The molecule has 5 rings (SSSR count). The number of aryl methyl sites for hydroxylation is 1. The summed E-state index contributed by atoms with van der Waals surface area (Å²) in [5.41, 5.74) is 14.1. The van der Waals surface area contributed by atoms with Crippen molar-refractivity contribution in [2.45, 2.75) is 13.0 Å². The predicted octanol–water partition coefficient (Wildman–Crippen LogP) is 3.03. The van der Waals surface area contributed by atoms with Gasteiger partial charge >= 0.3 is 0 Å². The van der Waals surface area contributed by atoms with Crippen LogP contribution in [0.5, 0.6) is 0 Å². The van der Waals surface area contributed by atoms with Crippen molar-refractivity contribution in [1.29, 1.82) is 0 Å². The number of aromatic nitrogens is 6. The van der Waals surface area contributed by atoms with E-state index in [1.165, 1.54) is 15.4 Å². The molecule has 0 saturated carbocycles. The second-order valence-electron chi connectivity index (χ2n) is 9.16. The van der Waals surface area contributed by atoms with E-state index in [9.17, 15) is 9.59 Å². The van der Waals surface area contributed by atoms with Crippen LogP contribution in [0.3, 0.4) is 0 Å². The molecule has 5 N–H and O–H groups in total. The highest BCUT2D eigenvalue weighted by Gasteiger charge is 2.25. The molecule has 11 nitrogen and oxygen atoms in total. The first-order chi connectivity index (χ1) is 19.8. The molecule has 204 valence electrons. The standard InChI is InChI=1S/C30H27N9O2/c1-4-5-16-38-27(32)25(26(31)36-38)29(40)34-19(2)28-35-23-13-9-10-21(15-14-20-17-33-37(3)18-20)24(23)30(41)39(28)22-11-7-6-8-12-22/h4-13,16-19H,1,32H2,2-3H3,(H2,31,36)(H,34,40)/b16-5-/t19-/m0/s1. The van der Waals surface area contributed by atoms with Gasteiger partial charge in [0.25, 0.3) is 11.5 Å². The van der Waals surface area contributed by atoms with Crippen LogP contribution in [0.1, 0.15) is 40.3 Å². The summed E-state index contributed by atoms with van der Waals surface area (Å²) in [7, 11) is 1.81. The van der Waals surface area contributed by atoms with Gasteiger partial charge in [-0.2, -0.15) is 5.10 Å². The van der Waals surface area contributed by atoms with Gasteiger partial charge in [-0.05, 0) is 37.3 Å². The molecule has 0 bridgehead atoms. The number of rotatable bonds is 6. The fourth-order valence-electron chi connectivity index (χ4n) is 4.38. The average molecular weight is 546 g/mol. The molecular formula is C30H27N9O2. The van der Waals surface area contributed by atoms with Crippen LogP contribution in [-0.4, -0.2) is 35.0 Å². The average Bonchev–Trinajstić information content (AvgIpc) is 3.51. The third kappa shape index (κ3) is 5.22. The van der Waals surface area contributed by atoms with Gasteiger partial charge in [0.05, 0.1) is 34.4 Å². The van der Waals surface area contributed by atoms with Crippen LogP contribution in [-0.2, 0) is 7.05 Å². The molecule has 41 heavy (non-hydrogen) atoms. The first-order valence-electron chi connectivity index (χ1n) is 12.6. The van der Waals surface area contributed by atoms with Crippen LogP contribution >= 0.6 is 0 Å². The third-order valence-electron chi connectivity index (χ3n) is 6.28. The zero-order chi connectivity index (χ0) is 29.1. The van der Waals surface area contributed by atoms with Gasteiger partial charge in [0.2, 0.25) is 0 Å². The Labute approximate surface area is 235 Å². The smallest absolute Gasteiger partial charge is 0.267 e. The summed E-state index contributed by atoms with van der Waals surface area (Å²) < 4.78 is 4.42. The zero-order valence-electron chi connectivity index (χ0n) is 22.4. The van der Waals surface area contributed by atoms with Crippen LogP contribution in [0, 0.1) is 11.8 Å². The molecule has 1 amide bonds. The van der Waals surface area contributed by atoms with E-state index in [0.29, 0.717) is 28.0 Å². The minimum atomic E-state index is -0.726. The largest absolute Gasteiger partial charge is 0.383 e. The molecule has 11 heteroatoms.